The van der Waals surface area contributed by atoms with Gasteiger partial charge in [-0.25, -0.2) is 9.13 Å². The van der Waals surface area contributed by atoms with E-state index in [4.69, 9.17) is 16.3 Å². The van der Waals surface area contributed by atoms with E-state index in [0.29, 0.717) is 6.61 Å². The second kappa shape index (κ2) is 13.1. The first-order valence-electron chi connectivity index (χ1n) is 11.2. The van der Waals surface area contributed by atoms with Gasteiger partial charge in [-0.3, -0.25) is 4.79 Å². The first-order valence-corrected chi connectivity index (χ1v) is 11.7. The van der Waals surface area contributed by atoms with Crippen LogP contribution in [-0.4, -0.2) is 31.5 Å². The van der Waals surface area contributed by atoms with Crippen molar-refractivity contribution in [1.82, 2.24) is 0 Å². The Morgan fingerprint density at radius 1 is 1.00 bits per heavy atom. The summed E-state index contributed by atoms with van der Waals surface area (Å²) in [5.74, 6) is -0.110. The summed E-state index contributed by atoms with van der Waals surface area (Å²) in [5, 5.41) is 0. The molecule has 0 saturated carbocycles. The fourth-order valence-electron chi connectivity index (χ4n) is 3.71. The number of rotatable bonds is 7. The summed E-state index contributed by atoms with van der Waals surface area (Å²) in [6.45, 7) is 6.56. The Kier molecular flexibility index (Phi) is 10.5. The molecule has 0 unspecified atom stereocenters. The van der Waals surface area contributed by atoms with Crippen LogP contribution < -0.4 is 14.0 Å². The van der Waals surface area contributed by atoms with Crippen LogP contribution in [0.15, 0.2) is 67.3 Å². The molecule has 3 aromatic rings. The van der Waals surface area contributed by atoms with E-state index in [0.717, 1.165) is 23.2 Å². The van der Waals surface area contributed by atoms with Crippen LogP contribution in [0.5, 0.6) is 0 Å². The molecule has 2 heterocycles. The van der Waals surface area contributed by atoms with Crippen molar-refractivity contribution in [2.45, 2.75) is 33.2 Å². The zero-order valence-electron chi connectivity index (χ0n) is 20.6. The SMILES string of the molecule is CCc1cccc(C)c1N(C(=O)CCl)[C@@H](C)COC.C[n+]1ccc(-c2cc[n+](C)cc2)cc1. The highest BCUT2D eigenvalue weighted by atomic mass is 35.5. The summed E-state index contributed by atoms with van der Waals surface area (Å²) in [6, 6.07) is 14.5. The third-order valence-electron chi connectivity index (χ3n) is 5.47. The topological polar surface area (TPSA) is 37.3 Å². The fraction of sp³-hybridized carbons (Fsp3) is 0.370. The number of aryl methyl sites for hydroxylation is 4. The second-order valence-electron chi connectivity index (χ2n) is 8.14. The zero-order valence-corrected chi connectivity index (χ0v) is 21.3. The Bertz CT molecular complexity index is 977. The standard InChI is InChI=1S/C15H22ClNO2.C12H14N2/c1-5-13-8-6-7-11(2)15(13)17(14(18)9-16)12(3)10-19-4;1-13-7-3-11(4-8-13)12-5-9-14(2)10-6-12/h6-8,12H,5,9-10H2,1-4H3;3-10H,1-2H3/q;+2/t12-;/m0./s1. The lowest BCUT2D eigenvalue weighted by molar-refractivity contribution is -0.671. The minimum atomic E-state index is -0.0878. The van der Waals surface area contributed by atoms with E-state index >= 15 is 0 Å². The number of methoxy groups -OCH3 is 1. The van der Waals surface area contributed by atoms with Crippen LogP contribution in [0.1, 0.15) is 25.0 Å². The molecule has 0 aliphatic carbocycles. The highest BCUT2D eigenvalue weighted by Crippen LogP contribution is 2.28. The number of carbonyl (C=O) groups is 1. The lowest BCUT2D eigenvalue weighted by Crippen LogP contribution is -2.43. The Hall–Kier alpha value is -2.76. The predicted octanol–water partition coefficient (Wildman–Crippen LogP) is 4.17. The van der Waals surface area contributed by atoms with Gasteiger partial charge in [0, 0.05) is 31.4 Å². The van der Waals surface area contributed by atoms with Gasteiger partial charge in [0.15, 0.2) is 24.8 Å². The number of anilines is 1. The van der Waals surface area contributed by atoms with Crippen LogP contribution >= 0.6 is 11.6 Å². The maximum absolute atomic E-state index is 12.2. The van der Waals surface area contributed by atoms with Gasteiger partial charge in [-0.1, -0.05) is 25.1 Å². The minimum absolute atomic E-state index is 0.0223. The third-order valence-corrected chi connectivity index (χ3v) is 5.69. The Labute approximate surface area is 203 Å². The average Bonchev–Trinajstić information content (AvgIpc) is 2.82. The molecule has 1 amide bonds. The average molecular weight is 470 g/mol. The molecule has 33 heavy (non-hydrogen) atoms. The van der Waals surface area contributed by atoms with Crippen molar-refractivity contribution < 1.29 is 18.7 Å². The van der Waals surface area contributed by atoms with Crippen LogP contribution in [0.2, 0.25) is 0 Å². The maximum Gasteiger partial charge on any atom is 0.242 e. The summed E-state index contributed by atoms with van der Waals surface area (Å²) in [6.07, 6.45) is 9.11. The number of hydrogen-bond donors (Lipinski definition) is 0. The van der Waals surface area contributed by atoms with E-state index in [1.165, 1.54) is 11.1 Å². The molecule has 0 bridgehead atoms. The van der Waals surface area contributed by atoms with Gasteiger partial charge in [-0.2, -0.15) is 0 Å². The zero-order chi connectivity index (χ0) is 24.4. The van der Waals surface area contributed by atoms with Crippen molar-refractivity contribution in [3.8, 4) is 11.1 Å². The number of para-hydroxylation sites is 1. The van der Waals surface area contributed by atoms with Gasteiger partial charge < -0.3 is 9.64 Å². The number of amides is 1. The predicted molar refractivity (Wildman–Crippen MR) is 134 cm³/mol. The van der Waals surface area contributed by atoms with Gasteiger partial charge >= 0.3 is 0 Å². The van der Waals surface area contributed by atoms with Crippen molar-refractivity contribution in [2.24, 2.45) is 14.1 Å². The number of pyridine rings is 2. The molecule has 2 aromatic heterocycles. The van der Waals surface area contributed by atoms with Crippen molar-refractivity contribution in [2.75, 3.05) is 24.5 Å². The molecule has 0 aliphatic heterocycles. The summed E-state index contributed by atoms with van der Waals surface area (Å²) < 4.78 is 9.25. The van der Waals surface area contributed by atoms with E-state index in [2.05, 4.69) is 62.0 Å². The molecule has 0 aliphatic rings. The quantitative estimate of drug-likeness (QED) is 0.384. The summed E-state index contributed by atoms with van der Waals surface area (Å²) in [5.41, 5.74) is 5.72. The molecular weight excluding hydrogens is 434 g/mol. The molecule has 0 spiro atoms. The molecule has 0 radical (unpaired) electrons. The smallest absolute Gasteiger partial charge is 0.242 e. The van der Waals surface area contributed by atoms with Gasteiger partial charge in [-0.05, 0) is 42.5 Å². The minimum Gasteiger partial charge on any atom is -0.383 e. The molecule has 5 nitrogen and oxygen atoms in total. The summed E-state index contributed by atoms with van der Waals surface area (Å²) in [4.78, 5) is 14.0. The second-order valence-corrected chi connectivity index (χ2v) is 8.41. The normalized spacial score (nSPS) is 11.4. The molecule has 0 fully saturated rings. The maximum atomic E-state index is 12.2. The number of carbonyl (C=O) groups excluding carboxylic acids is 1. The van der Waals surface area contributed by atoms with Gasteiger partial charge in [0.1, 0.15) is 20.0 Å². The highest BCUT2D eigenvalue weighted by Gasteiger charge is 2.24. The van der Waals surface area contributed by atoms with Gasteiger partial charge in [-0.15, -0.1) is 11.6 Å². The molecule has 3 rings (SSSR count). The Balaban J connectivity index is 0.000000243. The fourth-order valence-corrected chi connectivity index (χ4v) is 3.84. The molecule has 1 aromatic carbocycles. The number of ether oxygens (including phenoxy) is 1. The Morgan fingerprint density at radius 3 is 1.94 bits per heavy atom. The Morgan fingerprint density at radius 2 is 1.52 bits per heavy atom. The molecule has 6 heteroatoms. The molecule has 0 saturated heterocycles. The lowest BCUT2D eigenvalue weighted by atomic mass is 10.0. The molecule has 176 valence electrons. The lowest BCUT2D eigenvalue weighted by Gasteiger charge is -2.31. The van der Waals surface area contributed by atoms with Crippen LogP contribution in [0.4, 0.5) is 5.69 Å². The number of alkyl halides is 1. The van der Waals surface area contributed by atoms with E-state index < -0.39 is 0 Å². The van der Waals surface area contributed by atoms with Crippen LogP contribution in [-0.2, 0) is 30.0 Å². The van der Waals surface area contributed by atoms with Crippen LogP contribution in [0.25, 0.3) is 11.1 Å². The van der Waals surface area contributed by atoms with Crippen LogP contribution in [0, 0.1) is 6.92 Å². The molecular formula is C27H36ClN3O2+2. The van der Waals surface area contributed by atoms with Crippen molar-refractivity contribution in [1.29, 1.82) is 0 Å². The number of halogens is 1. The summed E-state index contributed by atoms with van der Waals surface area (Å²) in [7, 11) is 5.68. The van der Waals surface area contributed by atoms with Crippen molar-refractivity contribution >= 4 is 23.2 Å². The number of aromatic nitrogens is 2. The van der Waals surface area contributed by atoms with Crippen molar-refractivity contribution in [3.63, 3.8) is 0 Å². The van der Waals surface area contributed by atoms with Gasteiger partial charge in [0.2, 0.25) is 5.91 Å². The van der Waals surface area contributed by atoms with E-state index in [1.54, 1.807) is 12.0 Å². The largest absolute Gasteiger partial charge is 0.383 e. The van der Waals surface area contributed by atoms with Gasteiger partial charge in [0.05, 0.1) is 18.3 Å². The number of benzene rings is 1. The third kappa shape index (κ3) is 7.37. The molecule has 0 N–H and O–H groups in total. The highest BCUT2D eigenvalue weighted by molar-refractivity contribution is 6.29. The monoisotopic (exact) mass is 469 g/mol. The van der Waals surface area contributed by atoms with E-state index in [9.17, 15) is 4.79 Å². The first kappa shape index (κ1) is 26.5. The van der Waals surface area contributed by atoms with E-state index in [-0.39, 0.29) is 17.8 Å². The van der Waals surface area contributed by atoms with Crippen LogP contribution in [0.3, 0.4) is 0 Å². The van der Waals surface area contributed by atoms with E-state index in [1.807, 2.05) is 49.2 Å². The number of nitrogens with zero attached hydrogens (tertiary/aromatic N) is 3. The van der Waals surface area contributed by atoms with Gasteiger partial charge in [0.25, 0.3) is 0 Å². The van der Waals surface area contributed by atoms with Crippen molar-refractivity contribution in [3.05, 3.63) is 78.4 Å². The summed E-state index contributed by atoms with van der Waals surface area (Å²) >= 11 is 5.76. The first-order chi connectivity index (χ1) is 15.8. The number of hydrogen-bond acceptors (Lipinski definition) is 2. The molecule has 1 atom stereocenters.